The van der Waals surface area contributed by atoms with E-state index in [4.69, 9.17) is 0 Å². The monoisotopic (exact) mass is 283 g/mol. The summed E-state index contributed by atoms with van der Waals surface area (Å²) in [5.74, 6) is 0.588. The molecule has 4 heteroatoms. The predicted octanol–water partition coefficient (Wildman–Crippen LogP) is 2.25. The van der Waals surface area contributed by atoms with E-state index in [0.29, 0.717) is 5.92 Å². The van der Waals surface area contributed by atoms with E-state index in [1.807, 2.05) is 12.3 Å². The molecule has 2 unspecified atom stereocenters. The van der Waals surface area contributed by atoms with E-state index in [0.717, 1.165) is 37.9 Å². The Morgan fingerprint density at radius 1 is 1.14 bits per heavy atom. The van der Waals surface area contributed by atoms with Gasteiger partial charge < -0.3 is 5.11 Å². The van der Waals surface area contributed by atoms with Crippen LogP contribution >= 0.6 is 0 Å². The first-order valence-electron chi connectivity index (χ1n) is 7.82. The molecule has 2 N–H and O–H groups in total. The molecule has 1 aliphatic carbocycles. The Hall–Kier alpha value is -1.65. The number of likely N-dealkylation sites (tertiary alicyclic amines) is 1. The van der Waals surface area contributed by atoms with Crippen LogP contribution in [-0.2, 0) is 6.42 Å². The summed E-state index contributed by atoms with van der Waals surface area (Å²) in [7, 11) is 0. The summed E-state index contributed by atoms with van der Waals surface area (Å²) in [6, 6.07) is 10.6. The Bertz CT molecular complexity index is 602. The number of rotatable bonds is 2. The topological polar surface area (TPSA) is 52.1 Å². The molecule has 2 aromatic rings. The molecule has 110 valence electrons. The van der Waals surface area contributed by atoms with E-state index >= 15 is 0 Å². The molecule has 0 spiro atoms. The molecule has 21 heavy (non-hydrogen) atoms. The second-order valence-electron chi connectivity index (χ2n) is 6.24. The van der Waals surface area contributed by atoms with Crippen molar-refractivity contribution in [3.63, 3.8) is 0 Å². The first kappa shape index (κ1) is 13.0. The molecule has 4 rings (SSSR count). The van der Waals surface area contributed by atoms with Crippen LogP contribution in [0.15, 0.2) is 36.5 Å². The highest BCUT2D eigenvalue weighted by molar-refractivity contribution is 5.36. The van der Waals surface area contributed by atoms with Crippen molar-refractivity contribution in [2.45, 2.75) is 37.3 Å². The van der Waals surface area contributed by atoms with Gasteiger partial charge in [-0.05, 0) is 49.5 Å². The second-order valence-corrected chi connectivity index (χ2v) is 6.24. The van der Waals surface area contributed by atoms with Gasteiger partial charge in [0.25, 0.3) is 0 Å². The summed E-state index contributed by atoms with van der Waals surface area (Å²) in [5.41, 5.74) is 3.69. The minimum absolute atomic E-state index is 0.255. The summed E-state index contributed by atoms with van der Waals surface area (Å²) >= 11 is 0. The van der Waals surface area contributed by atoms with E-state index in [1.54, 1.807) is 0 Å². The lowest BCUT2D eigenvalue weighted by atomic mass is 9.92. The van der Waals surface area contributed by atoms with Crippen LogP contribution in [0.2, 0.25) is 0 Å². The first-order valence-corrected chi connectivity index (χ1v) is 7.82. The van der Waals surface area contributed by atoms with Crippen molar-refractivity contribution in [2.24, 2.45) is 0 Å². The number of hydrogen-bond acceptors (Lipinski definition) is 3. The largest absolute Gasteiger partial charge is 0.387 e. The van der Waals surface area contributed by atoms with Crippen molar-refractivity contribution in [2.75, 3.05) is 13.1 Å². The number of aromatic amines is 1. The van der Waals surface area contributed by atoms with Crippen LogP contribution in [0.25, 0.3) is 0 Å². The lowest BCUT2D eigenvalue weighted by Crippen LogP contribution is -2.43. The number of aromatic nitrogens is 2. The molecular weight excluding hydrogens is 262 g/mol. The zero-order valence-corrected chi connectivity index (χ0v) is 12.1. The number of aliphatic hydroxyl groups is 1. The summed E-state index contributed by atoms with van der Waals surface area (Å²) in [5, 5.41) is 17.7. The van der Waals surface area contributed by atoms with Gasteiger partial charge in [-0.1, -0.05) is 24.3 Å². The SMILES string of the molecule is OC1c2ccccc2CC1N1CCC(c2ccn[nH]2)CC1. The van der Waals surface area contributed by atoms with Gasteiger partial charge in [0.1, 0.15) is 0 Å². The average molecular weight is 283 g/mol. The molecule has 2 atom stereocenters. The molecule has 4 nitrogen and oxygen atoms in total. The van der Waals surface area contributed by atoms with Gasteiger partial charge >= 0.3 is 0 Å². The van der Waals surface area contributed by atoms with Crippen LogP contribution in [0.3, 0.4) is 0 Å². The van der Waals surface area contributed by atoms with Crippen molar-refractivity contribution in [1.29, 1.82) is 0 Å². The number of nitrogens with zero attached hydrogens (tertiary/aromatic N) is 2. The van der Waals surface area contributed by atoms with E-state index in [9.17, 15) is 5.11 Å². The lowest BCUT2D eigenvalue weighted by Gasteiger charge is -2.37. The molecule has 1 fully saturated rings. The standard InChI is InChI=1S/C17H21N3O/c21-17-14-4-2-1-3-13(14)11-16(17)20-9-6-12(7-10-20)15-5-8-18-19-15/h1-5,8,12,16-17,21H,6-7,9-11H2,(H,18,19). The van der Waals surface area contributed by atoms with E-state index in [1.165, 1.54) is 11.3 Å². The molecule has 0 saturated carbocycles. The fourth-order valence-electron chi connectivity index (χ4n) is 3.92. The second kappa shape index (κ2) is 5.28. The smallest absolute Gasteiger partial charge is 0.0951 e. The molecule has 1 aliphatic heterocycles. The molecule has 0 radical (unpaired) electrons. The summed E-state index contributed by atoms with van der Waals surface area (Å²) in [6.45, 7) is 2.11. The molecule has 0 amide bonds. The van der Waals surface area contributed by atoms with Gasteiger partial charge in [0.2, 0.25) is 0 Å². The maximum Gasteiger partial charge on any atom is 0.0951 e. The number of piperidine rings is 1. The number of aliphatic hydroxyl groups excluding tert-OH is 1. The molecular formula is C17H21N3O. The van der Waals surface area contributed by atoms with Gasteiger partial charge in [-0.2, -0.15) is 5.10 Å². The summed E-state index contributed by atoms with van der Waals surface area (Å²) in [6.07, 6.45) is 4.76. The van der Waals surface area contributed by atoms with Crippen molar-refractivity contribution >= 4 is 0 Å². The Labute approximate surface area is 124 Å². The number of nitrogens with one attached hydrogen (secondary N) is 1. The molecule has 1 aromatic heterocycles. The molecule has 1 aromatic carbocycles. The van der Waals surface area contributed by atoms with Crippen LogP contribution < -0.4 is 0 Å². The predicted molar refractivity (Wildman–Crippen MR) is 81.0 cm³/mol. The maximum atomic E-state index is 10.6. The fourth-order valence-corrected chi connectivity index (χ4v) is 3.92. The highest BCUT2D eigenvalue weighted by atomic mass is 16.3. The van der Waals surface area contributed by atoms with E-state index in [-0.39, 0.29) is 12.1 Å². The Kier molecular flexibility index (Phi) is 3.28. The summed E-state index contributed by atoms with van der Waals surface area (Å²) < 4.78 is 0. The Morgan fingerprint density at radius 2 is 1.95 bits per heavy atom. The van der Waals surface area contributed by atoms with Crippen molar-refractivity contribution in [1.82, 2.24) is 15.1 Å². The highest BCUT2D eigenvalue weighted by Crippen LogP contribution is 2.37. The Morgan fingerprint density at radius 3 is 2.67 bits per heavy atom. The van der Waals surface area contributed by atoms with E-state index in [2.05, 4.69) is 39.4 Å². The van der Waals surface area contributed by atoms with Gasteiger partial charge in [-0.25, -0.2) is 0 Å². The number of fused-ring (bicyclic) bond motifs is 1. The van der Waals surface area contributed by atoms with Crippen molar-refractivity contribution in [3.8, 4) is 0 Å². The lowest BCUT2D eigenvalue weighted by molar-refractivity contribution is 0.0455. The molecule has 1 saturated heterocycles. The van der Waals surface area contributed by atoms with Crippen LogP contribution in [0.5, 0.6) is 0 Å². The first-order chi connectivity index (χ1) is 10.3. The third kappa shape index (κ3) is 2.28. The van der Waals surface area contributed by atoms with Crippen LogP contribution in [-0.4, -0.2) is 39.3 Å². The van der Waals surface area contributed by atoms with Crippen molar-refractivity contribution < 1.29 is 5.11 Å². The number of hydrogen-bond donors (Lipinski definition) is 2. The number of benzene rings is 1. The summed E-state index contributed by atoms with van der Waals surface area (Å²) in [4.78, 5) is 2.47. The zero-order chi connectivity index (χ0) is 14.2. The van der Waals surface area contributed by atoms with E-state index < -0.39 is 0 Å². The van der Waals surface area contributed by atoms with Crippen LogP contribution in [0, 0.1) is 0 Å². The fraction of sp³-hybridized carbons (Fsp3) is 0.471. The quantitative estimate of drug-likeness (QED) is 0.889. The minimum Gasteiger partial charge on any atom is -0.387 e. The average Bonchev–Trinajstić information content (AvgIpc) is 3.17. The maximum absolute atomic E-state index is 10.6. The Balaban J connectivity index is 1.44. The molecule has 0 bridgehead atoms. The van der Waals surface area contributed by atoms with Gasteiger partial charge in [-0.15, -0.1) is 0 Å². The molecule has 2 heterocycles. The van der Waals surface area contributed by atoms with Gasteiger partial charge in [-0.3, -0.25) is 10.00 Å². The van der Waals surface area contributed by atoms with Gasteiger partial charge in [0.15, 0.2) is 0 Å². The molecule has 2 aliphatic rings. The van der Waals surface area contributed by atoms with Gasteiger partial charge in [0.05, 0.1) is 6.10 Å². The van der Waals surface area contributed by atoms with Crippen LogP contribution in [0.1, 0.15) is 41.7 Å². The number of H-pyrrole nitrogens is 1. The normalized spacial score (nSPS) is 26.9. The van der Waals surface area contributed by atoms with Crippen LogP contribution in [0.4, 0.5) is 0 Å². The highest BCUT2D eigenvalue weighted by Gasteiger charge is 2.36. The third-order valence-corrected chi connectivity index (χ3v) is 5.13. The third-order valence-electron chi connectivity index (χ3n) is 5.13. The van der Waals surface area contributed by atoms with Crippen molar-refractivity contribution in [3.05, 3.63) is 53.3 Å². The van der Waals surface area contributed by atoms with Gasteiger partial charge in [0, 0.05) is 23.9 Å². The zero-order valence-electron chi connectivity index (χ0n) is 12.1. The minimum atomic E-state index is -0.329.